The molecular weight excluding hydrogens is 565 g/mol. The molecule has 2 amide bonds. The lowest BCUT2D eigenvalue weighted by molar-refractivity contribution is -0.141. The molecule has 0 saturated heterocycles. The van der Waals surface area contributed by atoms with Crippen molar-refractivity contribution in [3.63, 3.8) is 0 Å². The maximum atomic E-state index is 14.5. The molecule has 0 aliphatic heterocycles. The highest BCUT2D eigenvalue weighted by atomic mass is 35.5. The van der Waals surface area contributed by atoms with Crippen LogP contribution < -0.4 is 9.62 Å². The van der Waals surface area contributed by atoms with Crippen LogP contribution in [0, 0.1) is 11.7 Å². The summed E-state index contributed by atoms with van der Waals surface area (Å²) in [6.07, 6.45) is 1.39. The number of nitrogens with zero attached hydrogens (tertiary/aromatic N) is 2. The van der Waals surface area contributed by atoms with Gasteiger partial charge in [-0.1, -0.05) is 80.0 Å². The molecule has 1 N–H and O–H groups in total. The summed E-state index contributed by atoms with van der Waals surface area (Å²) in [5.41, 5.74) is 1.62. The van der Waals surface area contributed by atoms with Gasteiger partial charge in [-0.2, -0.15) is 0 Å². The standard InChI is InChI=1S/C31H37ClFN3O4S/c1-23(2)21-34-31(38)29(20-24-10-5-4-6-11-24)35(22-25-15-17-26(32)18-16-25)30(37)14-9-19-36(41(3,39)40)28-13-8-7-12-27(28)33/h4-8,10-13,15-18,23,29H,9,14,19-22H2,1-3H3,(H,34,38)/t29-/m0/s1. The van der Waals surface area contributed by atoms with Gasteiger partial charge in [-0.25, -0.2) is 12.8 Å². The van der Waals surface area contributed by atoms with E-state index in [1.54, 1.807) is 35.2 Å². The van der Waals surface area contributed by atoms with E-state index in [0.29, 0.717) is 18.0 Å². The van der Waals surface area contributed by atoms with Crippen molar-refractivity contribution < 1.29 is 22.4 Å². The van der Waals surface area contributed by atoms with Crippen LogP contribution >= 0.6 is 11.6 Å². The lowest BCUT2D eigenvalue weighted by atomic mass is 10.0. The van der Waals surface area contributed by atoms with Gasteiger partial charge in [0.25, 0.3) is 0 Å². The fraction of sp³-hybridized carbons (Fsp3) is 0.355. The van der Waals surface area contributed by atoms with Crippen LogP contribution in [0.2, 0.25) is 5.02 Å². The number of amides is 2. The number of rotatable bonds is 14. The molecular formula is C31H37ClFN3O4S. The maximum Gasteiger partial charge on any atom is 0.243 e. The quantitative estimate of drug-likeness (QED) is 0.267. The van der Waals surface area contributed by atoms with Crippen molar-refractivity contribution in [2.24, 2.45) is 5.92 Å². The molecule has 0 fully saturated rings. The average molecular weight is 602 g/mol. The third-order valence-electron chi connectivity index (χ3n) is 6.50. The number of hydrogen-bond donors (Lipinski definition) is 1. The van der Waals surface area contributed by atoms with Crippen LogP contribution in [0.3, 0.4) is 0 Å². The Bertz CT molecular complexity index is 1400. The highest BCUT2D eigenvalue weighted by Gasteiger charge is 2.30. The lowest BCUT2D eigenvalue weighted by Crippen LogP contribution is -2.51. The molecule has 0 saturated carbocycles. The molecule has 1 atom stereocenters. The fourth-order valence-corrected chi connectivity index (χ4v) is 5.49. The number of carbonyl (C=O) groups excluding carboxylic acids is 2. The van der Waals surface area contributed by atoms with Crippen LogP contribution in [-0.2, 0) is 32.6 Å². The number of nitrogens with one attached hydrogen (secondary N) is 1. The van der Waals surface area contributed by atoms with Gasteiger partial charge in [0.15, 0.2) is 0 Å². The van der Waals surface area contributed by atoms with Gasteiger partial charge in [0.05, 0.1) is 11.9 Å². The van der Waals surface area contributed by atoms with Gasteiger partial charge in [-0.3, -0.25) is 13.9 Å². The van der Waals surface area contributed by atoms with Crippen molar-refractivity contribution in [2.45, 2.75) is 45.7 Å². The first-order valence-electron chi connectivity index (χ1n) is 13.5. The van der Waals surface area contributed by atoms with Crippen molar-refractivity contribution in [3.05, 3.63) is 101 Å². The van der Waals surface area contributed by atoms with E-state index in [1.165, 1.54) is 18.2 Å². The topological polar surface area (TPSA) is 86.8 Å². The van der Waals surface area contributed by atoms with Crippen LogP contribution in [0.1, 0.15) is 37.8 Å². The summed E-state index contributed by atoms with van der Waals surface area (Å²) in [7, 11) is -3.81. The van der Waals surface area contributed by atoms with Gasteiger partial charge in [0.1, 0.15) is 11.9 Å². The fourth-order valence-electron chi connectivity index (χ4n) is 4.40. The monoisotopic (exact) mass is 601 g/mol. The van der Waals surface area contributed by atoms with Crippen molar-refractivity contribution in [2.75, 3.05) is 23.7 Å². The third-order valence-corrected chi connectivity index (χ3v) is 7.93. The van der Waals surface area contributed by atoms with E-state index >= 15 is 0 Å². The second-order valence-corrected chi connectivity index (χ2v) is 12.7. The lowest BCUT2D eigenvalue weighted by Gasteiger charge is -2.32. The zero-order valence-electron chi connectivity index (χ0n) is 23.6. The van der Waals surface area contributed by atoms with E-state index in [4.69, 9.17) is 11.6 Å². The van der Waals surface area contributed by atoms with Crippen LogP contribution in [0.15, 0.2) is 78.9 Å². The van der Waals surface area contributed by atoms with Gasteiger partial charge in [0, 0.05) is 37.5 Å². The minimum atomic E-state index is -3.81. The Morgan fingerprint density at radius 2 is 1.56 bits per heavy atom. The summed E-state index contributed by atoms with van der Waals surface area (Å²) in [6, 6.07) is 21.3. The number of anilines is 1. The Morgan fingerprint density at radius 3 is 2.17 bits per heavy atom. The molecule has 0 aromatic heterocycles. The summed E-state index contributed by atoms with van der Waals surface area (Å²) in [4.78, 5) is 28.9. The van der Waals surface area contributed by atoms with E-state index in [2.05, 4.69) is 5.32 Å². The van der Waals surface area contributed by atoms with Crippen LogP contribution in [-0.4, -0.2) is 50.5 Å². The number of halogens is 2. The molecule has 220 valence electrons. The Balaban J connectivity index is 1.88. The molecule has 0 heterocycles. The van der Waals surface area contributed by atoms with Gasteiger partial charge < -0.3 is 10.2 Å². The van der Waals surface area contributed by atoms with Crippen molar-refractivity contribution in [1.82, 2.24) is 10.2 Å². The molecule has 0 radical (unpaired) electrons. The average Bonchev–Trinajstić information content (AvgIpc) is 2.93. The van der Waals surface area contributed by atoms with Crippen LogP contribution in [0.25, 0.3) is 0 Å². The zero-order valence-corrected chi connectivity index (χ0v) is 25.2. The minimum Gasteiger partial charge on any atom is -0.354 e. The molecule has 3 rings (SSSR count). The highest BCUT2D eigenvalue weighted by Crippen LogP contribution is 2.23. The second-order valence-electron chi connectivity index (χ2n) is 10.4. The minimum absolute atomic E-state index is 0.0448. The molecule has 7 nitrogen and oxygen atoms in total. The Labute approximate surface area is 247 Å². The van der Waals surface area contributed by atoms with Gasteiger partial charge in [-0.05, 0) is 47.7 Å². The predicted molar refractivity (Wildman–Crippen MR) is 162 cm³/mol. The van der Waals surface area contributed by atoms with Crippen molar-refractivity contribution >= 4 is 39.1 Å². The van der Waals surface area contributed by atoms with Gasteiger partial charge >= 0.3 is 0 Å². The predicted octanol–water partition coefficient (Wildman–Crippen LogP) is 5.44. The summed E-state index contributed by atoms with van der Waals surface area (Å²) in [5.74, 6) is -1.04. The molecule has 41 heavy (non-hydrogen) atoms. The van der Waals surface area contributed by atoms with Crippen LogP contribution in [0.5, 0.6) is 0 Å². The first kappa shape index (κ1) is 32.1. The number of sulfonamides is 1. The van der Waals surface area contributed by atoms with Crippen LogP contribution in [0.4, 0.5) is 10.1 Å². The van der Waals surface area contributed by atoms with Gasteiger partial charge in [-0.15, -0.1) is 0 Å². The molecule has 10 heteroatoms. The normalized spacial score (nSPS) is 12.1. The maximum absolute atomic E-state index is 14.5. The van der Waals surface area contributed by atoms with E-state index in [1.807, 2.05) is 44.2 Å². The SMILES string of the molecule is CC(C)CNC(=O)[C@H](Cc1ccccc1)N(Cc1ccc(Cl)cc1)C(=O)CCCN(c1ccccc1F)S(C)(=O)=O. The smallest absolute Gasteiger partial charge is 0.243 e. The molecule has 3 aromatic rings. The van der Waals surface area contributed by atoms with Crippen molar-refractivity contribution in [3.8, 4) is 0 Å². The molecule has 3 aromatic carbocycles. The van der Waals surface area contributed by atoms with E-state index in [-0.39, 0.29) is 49.4 Å². The Kier molecular flexibility index (Phi) is 11.7. The summed E-state index contributed by atoms with van der Waals surface area (Å²) < 4.78 is 40.4. The number of benzene rings is 3. The first-order valence-corrected chi connectivity index (χ1v) is 15.8. The van der Waals surface area contributed by atoms with E-state index in [9.17, 15) is 22.4 Å². The Hall–Kier alpha value is -3.43. The summed E-state index contributed by atoms with van der Waals surface area (Å²) in [5, 5.41) is 3.52. The van der Waals surface area contributed by atoms with E-state index < -0.39 is 21.9 Å². The molecule has 0 bridgehead atoms. The first-order chi connectivity index (χ1) is 19.5. The second kappa shape index (κ2) is 15.0. The molecule has 0 aliphatic carbocycles. The highest BCUT2D eigenvalue weighted by molar-refractivity contribution is 7.92. The van der Waals surface area contributed by atoms with E-state index in [0.717, 1.165) is 21.7 Å². The largest absolute Gasteiger partial charge is 0.354 e. The zero-order chi connectivity index (χ0) is 30.0. The summed E-state index contributed by atoms with van der Waals surface area (Å²) in [6.45, 7) is 4.51. The summed E-state index contributed by atoms with van der Waals surface area (Å²) >= 11 is 6.07. The molecule has 0 spiro atoms. The Morgan fingerprint density at radius 1 is 0.927 bits per heavy atom. The molecule has 0 unspecified atom stereocenters. The third kappa shape index (κ3) is 9.86. The number of para-hydroxylation sites is 1. The van der Waals surface area contributed by atoms with Gasteiger partial charge in [0.2, 0.25) is 21.8 Å². The number of hydrogen-bond acceptors (Lipinski definition) is 4. The number of carbonyl (C=O) groups is 2. The van der Waals surface area contributed by atoms with Crippen molar-refractivity contribution in [1.29, 1.82) is 0 Å². The molecule has 0 aliphatic rings.